The number of halogens is 2. The quantitative estimate of drug-likeness (QED) is 0.596. The third-order valence-electron chi connectivity index (χ3n) is 8.25. The van der Waals surface area contributed by atoms with Gasteiger partial charge in [-0.3, -0.25) is 4.68 Å². The molecule has 3 aliphatic rings. The van der Waals surface area contributed by atoms with Crippen molar-refractivity contribution in [2.45, 2.75) is 76.7 Å². The normalized spacial score (nSPS) is 28.3. The van der Waals surface area contributed by atoms with Crippen LogP contribution < -0.4 is 10.5 Å². The zero-order chi connectivity index (χ0) is 24.0. The summed E-state index contributed by atoms with van der Waals surface area (Å²) in [6, 6.07) is 4.56. The second-order valence-corrected chi connectivity index (χ2v) is 10.1. The molecule has 0 radical (unpaired) electrons. The number of hydrogen-bond donors (Lipinski definition) is 1. The van der Waals surface area contributed by atoms with Crippen LogP contribution in [0.1, 0.15) is 63.6 Å². The molecule has 2 aromatic heterocycles. The van der Waals surface area contributed by atoms with E-state index in [2.05, 4.69) is 39.2 Å². The summed E-state index contributed by atoms with van der Waals surface area (Å²) in [5.74, 6) is 1.74. The molecular weight excluding hydrogens is 440 g/mol. The van der Waals surface area contributed by atoms with Gasteiger partial charge in [-0.15, -0.1) is 0 Å². The highest BCUT2D eigenvalue weighted by molar-refractivity contribution is 5.64. The van der Waals surface area contributed by atoms with E-state index in [-0.39, 0.29) is 17.6 Å². The van der Waals surface area contributed by atoms with Gasteiger partial charge in [-0.2, -0.15) is 13.9 Å². The molecule has 2 aromatic rings. The van der Waals surface area contributed by atoms with E-state index in [1.54, 1.807) is 6.20 Å². The van der Waals surface area contributed by atoms with E-state index in [0.29, 0.717) is 35.5 Å². The first-order valence-electron chi connectivity index (χ1n) is 12.5. The highest BCUT2D eigenvalue weighted by Gasteiger charge is 2.58. The number of piperidine rings is 1. The number of methoxy groups -OCH3 is 1. The fourth-order valence-electron chi connectivity index (χ4n) is 6.14. The van der Waals surface area contributed by atoms with Gasteiger partial charge in [0, 0.05) is 55.7 Å². The Balaban J connectivity index is 1.33. The van der Waals surface area contributed by atoms with Crippen LogP contribution in [0, 0.1) is 11.8 Å². The number of fused-ring (bicyclic) bond motifs is 1. The minimum absolute atomic E-state index is 0.0528. The summed E-state index contributed by atoms with van der Waals surface area (Å²) in [6.07, 6.45) is 7.69. The smallest absolute Gasteiger partial charge is 0.387 e. The Bertz CT molecular complexity index is 995. The molecule has 0 aromatic carbocycles. The molecular formula is C25H35F2N5O2. The van der Waals surface area contributed by atoms with Crippen molar-refractivity contribution >= 4 is 5.82 Å². The Morgan fingerprint density at radius 3 is 2.50 bits per heavy atom. The van der Waals surface area contributed by atoms with E-state index in [1.165, 1.54) is 24.6 Å². The number of nitrogens with zero attached hydrogens (tertiary/aromatic N) is 4. The molecule has 7 nitrogen and oxygen atoms in total. The van der Waals surface area contributed by atoms with Gasteiger partial charge in [0.15, 0.2) is 11.6 Å². The minimum atomic E-state index is -2.95. The van der Waals surface area contributed by atoms with Gasteiger partial charge in [-0.05, 0) is 63.0 Å². The van der Waals surface area contributed by atoms with Crippen molar-refractivity contribution < 1.29 is 18.3 Å². The summed E-state index contributed by atoms with van der Waals surface area (Å²) in [5, 5.41) is 4.88. The molecule has 0 spiro atoms. The van der Waals surface area contributed by atoms with Crippen LogP contribution in [0.15, 0.2) is 18.3 Å². The van der Waals surface area contributed by atoms with Crippen LogP contribution in [0.5, 0.6) is 5.75 Å². The Morgan fingerprint density at radius 2 is 1.88 bits per heavy atom. The number of likely N-dealkylation sites (tertiary alicyclic amines) is 1. The lowest BCUT2D eigenvalue weighted by Crippen LogP contribution is -2.42. The van der Waals surface area contributed by atoms with Gasteiger partial charge in [-0.25, -0.2) is 4.98 Å². The molecule has 5 atom stereocenters. The van der Waals surface area contributed by atoms with Gasteiger partial charge in [-0.1, -0.05) is 6.92 Å². The van der Waals surface area contributed by atoms with Crippen molar-refractivity contribution in [3.63, 3.8) is 0 Å². The summed E-state index contributed by atoms with van der Waals surface area (Å²) < 4.78 is 37.8. The first-order chi connectivity index (χ1) is 16.4. The molecule has 2 unspecified atom stereocenters. The second-order valence-electron chi connectivity index (χ2n) is 10.1. The molecule has 0 amide bonds. The first-order valence-corrected chi connectivity index (χ1v) is 12.5. The number of hydrogen-bond acceptors (Lipinski definition) is 6. The zero-order valence-corrected chi connectivity index (χ0v) is 20.2. The van der Waals surface area contributed by atoms with E-state index in [9.17, 15) is 8.78 Å². The second kappa shape index (κ2) is 9.41. The van der Waals surface area contributed by atoms with Gasteiger partial charge in [0.25, 0.3) is 0 Å². The number of pyridine rings is 1. The summed E-state index contributed by atoms with van der Waals surface area (Å²) in [4.78, 5) is 6.73. The highest BCUT2D eigenvalue weighted by Crippen LogP contribution is 2.64. The van der Waals surface area contributed by atoms with Crippen LogP contribution in [0.2, 0.25) is 0 Å². The summed E-state index contributed by atoms with van der Waals surface area (Å²) in [7, 11) is 1.82. The van der Waals surface area contributed by atoms with Crippen molar-refractivity contribution in [3.8, 4) is 17.0 Å². The SMILES string of the molecule is CCC(C)n1nc(-c2cnc(N)c(OC(F)F)c2)cc1[C@H]1[C@@H]2CC(N3CCC(OC)CC3)C[C@@H]21. The lowest BCUT2D eigenvalue weighted by molar-refractivity contribution is -0.0494. The average Bonchev–Trinajstić information content (AvgIpc) is 3.17. The van der Waals surface area contributed by atoms with Crippen LogP contribution in [-0.4, -0.2) is 58.6 Å². The zero-order valence-electron chi connectivity index (χ0n) is 20.2. The van der Waals surface area contributed by atoms with Crippen LogP contribution >= 0.6 is 0 Å². The third kappa shape index (κ3) is 4.40. The Hall–Kier alpha value is -2.26. The topological polar surface area (TPSA) is 78.4 Å². The van der Waals surface area contributed by atoms with E-state index in [1.807, 2.05) is 7.11 Å². The van der Waals surface area contributed by atoms with Gasteiger partial charge in [0.1, 0.15) is 0 Å². The van der Waals surface area contributed by atoms with Crippen LogP contribution in [0.25, 0.3) is 11.3 Å². The first kappa shape index (κ1) is 23.5. The van der Waals surface area contributed by atoms with Gasteiger partial charge >= 0.3 is 6.61 Å². The molecule has 3 heterocycles. The number of aromatic nitrogens is 3. The van der Waals surface area contributed by atoms with Crippen molar-refractivity contribution in [1.29, 1.82) is 0 Å². The lowest BCUT2D eigenvalue weighted by atomic mass is 9.99. The van der Waals surface area contributed by atoms with Gasteiger partial charge < -0.3 is 20.1 Å². The predicted molar refractivity (Wildman–Crippen MR) is 126 cm³/mol. The molecule has 9 heteroatoms. The maximum atomic E-state index is 12.8. The fourth-order valence-corrected chi connectivity index (χ4v) is 6.14. The number of alkyl halides is 2. The number of rotatable bonds is 8. The maximum Gasteiger partial charge on any atom is 0.387 e. The molecule has 1 saturated heterocycles. The predicted octanol–water partition coefficient (Wildman–Crippen LogP) is 4.70. The molecule has 3 fully saturated rings. The van der Waals surface area contributed by atoms with Crippen molar-refractivity contribution in [2.24, 2.45) is 11.8 Å². The maximum absolute atomic E-state index is 12.8. The van der Waals surface area contributed by atoms with Crippen molar-refractivity contribution in [1.82, 2.24) is 19.7 Å². The summed E-state index contributed by atoms with van der Waals surface area (Å²) in [6.45, 7) is 3.65. The molecule has 0 bridgehead atoms. The van der Waals surface area contributed by atoms with E-state index in [4.69, 9.17) is 15.6 Å². The largest absolute Gasteiger partial charge is 0.431 e. The molecule has 186 valence electrons. The van der Waals surface area contributed by atoms with E-state index < -0.39 is 6.61 Å². The lowest BCUT2D eigenvalue weighted by Gasteiger charge is -2.36. The van der Waals surface area contributed by atoms with Crippen LogP contribution in [-0.2, 0) is 4.74 Å². The van der Waals surface area contributed by atoms with Gasteiger partial charge in [0.05, 0.1) is 11.8 Å². The van der Waals surface area contributed by atoms with Crippen LogP contribution in [0.4, 0.5) is 14.6 Å². The molecule has 2 aliphatic carbocycles. The minimum Gasteiger partial charge on any atom is -0.431 e. The number of nitrogens with two attached hydrogens (primary N) is 1. The van der Waals surface area contributed by atoms with Crippen molar-refractivity contribution in [3.05, 3.63) is 24.0 Å². The standard InChI is InChI=1S/C25H35F2N5O2/c1-4-14(2)32-21(12-20(30-32)15-9-22(34-25(26)27)24(28)29-13-15)23-18-10-16(11-19(18)23)31-7-5-17(33-3)6-8-31/h9,12-14,16-19,23,25H,4-8,10-11H2,1-3H3,(H2,28,29)/t14?,16?,18-,19+,23+. The molecule has 5 rings (SSSR count). The Morgan fingerprint density at radius 1 is 1.18 bits per heavy atom. The molecule has 1 aliphatic heterocycles. The number of ether oxygens (including phenoxy) is 2. The summed E-state index contributed by atoms with van der Waals surface area (Å²) >= 11 is 0. The number of nitrogen functional groups attached to an aromatic ring is 1. The van der Waals surface area contributed by atoms with E-state index in [0.717, 1.165) is 38.0 Å². The highest BCUT2D eigenvalue weighted by atomic mass is 19.3. The molecule has 34 heavy (non-hydrogen) atoms. The van der Waals surface area contributed by atoms with E-state index >= 15 is 0 Å². The monoisotopic (exact) mass is 475 g/mol. The Labute approximate surface area is 199 Å². The average molecular weight is 476 g/mol. The third-order valence-corrected chi connectivity index (χ3v) is 8.25. The molecule has 2 N–H and O–H groups in total. The molecule has 2 saturated carbocycles. The van der Waals surface area contributed by atoms with Gasteiger partial charge in [0.2, 0.25) is 0 Å². The fraction of sp³-hybridized carbons (Fsp3) is 0.680. The summed E-state index contributed by atoms with van der Waals surface area (Å²) in [5.41, 5.74) is 8.34. The van der Waals surface area contributed by atoms with Crippen LogP contribution in [0.3, 0.4) is 0 Å². The Kier molecular flexibility index (Phi) is 6.50. The number of anilines is 1. The van der Waals surface area contributed by atoms with Crippen molar-refractivity contribution in [2.75, 3.05) is 25.9 Å².